The van der Waals surface area contributed by atoms with Crippen LogP contribution in [0.15, 0.2) is 42.5 Å². The van der Waals surface area contributed by atoms with E-state index >= 15 is 0 Å². The van der Waals surface area contributed by atoms with Gasteiger partial charge in [-0.1, -0.05) is 49.4 Å². The van der Waals surface area contributed by atoms with E-state index in [1.54, 1.807) is 0 Å². The SMILES string of the molecule is CCC(C#N)C(O)c1cccc2ccccc12. The number of hydrogen-bond acceptors (Lipinski definition) is 2. The molecule has 2 nitrogen and oxygen atoms in total. The molecular formula is C15H15NO. The summed E-state index contributed by atoms with van der Waals surface area (Å²) in [5.41, 5.74) is 0.844. The number of aliphatic hydroxyl groups excluding tert-OH is 1. The average molecular weight is 225 g/mol. The molecule has 2 aromatic rings. The van der Waals surface area contributed by atoms with E-state index in [9.17, 15) is 5.11 Å². The standard InChI is InChI=1S/C15H15NO/c1-2-11(10-16)15(17)14-9-5-7-12-6-3-4-8-13(12)14/h3-9,11,15,17H,2H2,1H3. The second kappa shape index (κ2) is 4.99. The fraction of sp³-hybridized carbons (Fsp3) is 0.267. The van der Waals surface area contributed by atoms with Gasteiger partial charge >= 0.3 is 0 Å². The Morgan fingerprint density at radius 3 is 2.59 bits per heavy atom. The first-order chi connectivity index (χ1) is 8.27. The predicted molar refractivity (Wildman–Crippen MR) is 68.3 cm³/mol. The molecule has 0 aliphatic rings. The van der Waals surface area contributed by atoms with E-state index < -0.39 is 6.10 Å². The lowest BCUT2D eigenvalue weighted by atomic mass is 9.91. The molecule has 0 fully saturated rings. The van der Waals surface area contributed by atoms with Crippen molar-refractivity contribution in [3.05, 3.63) is 48.0 Å². The molecule has 2 aromatic carbocycles. The van der Waals surface area contributed by atoms with E-state index in [2.05, 4.69) is 6.07 Å². The molecule has 0 bridgehead atoms. The van der Waals surface area contributed by atoms with Gasteiger partial charge in [-0.25, -0.2) is 0 Å². The van der Waals surface area contributed by atoms with Crippen LogP contribution in [0.1, 0.15) is 25.0 Å². The summed E-state index contributed by atoms with van der Waals surface area (Å²) in [4.78, 5) is 0. The van der Waals surface area contributed by atoms with Crippen LogP contribution >= 0.6 is 0 Å². The van der Waals surface area contributed by atoms with E-state index in [0.29, 0.717) is 6.42 Å². The number of nitrogens with zero attached hydrogens (tertiary/aromatic N) is 1. The molecule has 0 amide bonds. The van der Waals surface area contributed by atoms with Crippen LogP contribution in [-0.2, 0) is 0 Å². The molecule has 0 aromatic heterocycles. The van der Waals surface area contributed by atoms with Crippen molar-refractivity contribution in [1.29, 1.82) is 5.26 Å². The topological polar surface area (TPSA) is 44.0 Å². The molecule has 2 atom stereocenters. The van der Waals surface area contributed by atoms with Gasteiger partial charge in [0.2, 0.25) is 0 Å². The lowest BCUT2D eigenvalue weighted by Gasteiger charge is -2.17. The molecule has 0 saturated carbocycles. The van der Waals surface area contributed by atoms with Crippen molar-refractivity contribution in [2.24, 2.45) is 5.92 Å². The van der Waals surface area contributed by atoms with E-state index in [1.165, 1.54) is 0 Å². The number of fused-ring (bicyclic) bond motifs is 1. The monoisotopic (exact) mass is 225 g/mol. The molecule has 2 heteroatoms. The van der Waals surface area contributed by atoms with Crippen LogP contribution in [0.4, 0.5) is 0 Å². The summed E-state index contributed by atoms with van der Waals surface area (Å²) in [7, 11) is 0. The average Bonchev–Trinajstić information content (AvgIpc) is 2.39. The predicted octanol–water partition coefficient (Wildman–Crippen LogP) is 3.42. The second-order valence-corrected chi connectivity index (χ2v) is 4.16. The van der Waals surface area contributed by atoms with Crippen LogP contribution in [-0.4, -0.2) is 5.11 Å². The number of nitriles is 1. The Balaban J connectivity index is 2.52. The zero-order valence-corrected chi connectivity index (χ0v) is 9.80. The maximum atomic E-state index is 10.3. The van der Waals surface area contributed by atoms with Crippen LogP contribution in [0.3, 0.4) is 0 Å². The van der Waals surface area contributed by atoms with Crippen molar-refractivity contribution >= 4 is 10.8 Å². The number of hydrogen-bond donors (Lipinski definition) is 1. The highest BCUT2D eigenvalue weighted by Gasteiger charge is 2.20. The Hall–Kier alpha value is -1.85. The maximum absolute atomic E-state index is 10.3. The van der Waals surface area contributed by atoms with Gasteiger partial charge in [0.05, 0.1) is 18.1 Å². The normalized spacial score (nSPS) is 14.2. The largest absolute Gasteiger partial charge is 0.387 e. The first-order valence-corrected chi connectivity index (χ1v) is 5.83. The van der Waals surface area contributed by atoms with Gasteiger partial charge in [-0.05, 0) is 22.8 Å². The Bertz CT molecular complexity index is 551. The number of aliphatic hydroxyl groups is 1. The van der Waals surface area contributed by atoms with Gasteiger partial charge in [0.25, 0.3) is 0 Å². The highest BCUT2D eigenvalue weighted by molar-refractivity contribution is 5.86. The van der Waals surface area contributed by atoms with Gasteiger partial charge in [-0.15, -0.1) is 0 Å². The number of benzene rings is 2. The summed E-state index contributed by atoms with van der Waals surface area (Å²) in [6, 6.07) is 15.9. The minimum absolute atomic E-state index is 0.346. The minimum atomic E-state index is -0.712. The molecule has 2 unspecified atom stereocenters. The summed E-state index contributed by atoms with van der Waals surface area (Å²) in [5.74, 6) is -0.346. The molecule has 2 rings (SSSR count). The van der Waals surface area contributed by atoms with Crippen molar-refractivity contribution in [3.8, 4) is 6.07 Å². The van der Waals surface area contributed by atoms with Crippen molar-refractivity contribution < 1.29 is 5.11 Å². The number of rotatable bonds is 3. The third-order valence-electron chi connectivity index (χ3n) is 3.13. The van der Waals surface area contributed by atoms with Crippen molar-refractivity contribution in [3.63, 3.8) is 0 Å². The molecule has 17 heavy (non-hydrogen) atoms. The van der Waals surface area contributed by atoms with Crippen molar-refractivity contribution in [1.82, 2.24) is 0 Å². The molecule has 0 heterocycles. The van der Waals surface area contributed by atoms with E-state index in [4.69, 9.17) is 5.26 Å². The maximum Gasteiger partial charge on any atom is 0.0954 e. The zero-order valence-electron chi connectivity index (χ0n) is 9.80. The van der Waals surface area contributed by atoms with Crippen LogP contribution in [0, 0.1) is 17.2 Å². The van der Waals surface area contributed by atoms with Crippen LogP contribution < -0.4 is 0 Å². The molecule has 86 valence electrons. The van der Waals surface area contributed by atoms with Crippen LogP contribution in [0.25, 0.3) is 10.8 Å². The fourth-order valence-corrected chi connectivity index (χ4v) is 2.11. The highest BCUT2D eigenvalue weighted by atomic mass is 16.3. The van der Waals surface area contributed by atoms with Gasteiger partial charge in [0, 0.05) is 0 Å². The first-order valence-electron chi connectivity index (χ1n) is 5.83. The summed E-state index contributed by atoms with van der Waals surface area (Å²) in [6.07, 6.45) is -0.0583. The minimum Gasteiger partial charge on any atom is -0.387 e. The van der Waals surface area contributed by atoms with Crippen LogP contribution in [0.5, 0.6) is 0 Å². The lowest BCUT2D eigenvalue weighted by molar-refractivity contribution is 0.134. The van der Waals surface area contributed by atoms with Crippen LogP contribution in [0.2, 0.25) is 0 Å². The van der Waals surface area contributed by atoms with Gasteiger partial charge in [-0.3, -0.25) is 0 Å². The zero-order chi connectivity index (χ0) is 12.3. The fourth-order valence-electron chi connectivity index (χ4n) is 2.11. The third-order valence-corrected chi connectivity index (χ3v) is 3.13. The Morgan fingerprint density at radius 2 is 1.88 bits per heavy atom. The second-order valence-electron chi connectivity index (χ2n) is 4.16. The van der Waals surface area contributed by atoms with Gasteiger partial charge < -0.3 is 5.11 Å². The summed E-state index contributed by atoms with van der Waals surface area (Å²) in [6.45, 7) is 1.92. The van der Waals surface area contributed by atoms with E-state index in [-0.39, 0.29) is 5.92 Å². The Kier molecular flexibility index (Phi) is 3.41. The third kappa shape index (κ3) is 2.15. The molecule has 0 aliphatic heterocycles. The summed E-state index contributed by atoms with van der Waals surface area (Å²) < 4.78 is 0. The van der Waals surface area contributed by atoms with Crippen molar-refractivity contribution in [2.45, 2.75) is 19.4 Å². The smallest absolute Gasteiger partial charge is 0.0954 e. The van der Waals surface area contributed by atoms with Gasteiger partial charge in [0.15, 0.2) is 0 Å². The molecule has 0 aliphatic carbocycles. The summed E-state index contributed by atoms with van der Waals surface area (Å²) in [5, 5.41) is 21.4. The molecule has 0 radical (unpaired) electrons. The van der Waals surface area contributed by atoms with Gasteiger partial charge in [-0.2, -0.15) is 5.26 Å². The van der Waals surface area contributed by atoms with Gasteiger partial charge in [0.1, 0.15) is 0 Å². The van der Waals surface area contributed by atoms with E-state index in [0.717, 1.165) is 16.3 Å². The molecule has 1 N–H and O–H groups in total. The Morgan fingerprint density at radius 1 is 1.18 bits per heavy atom. The van der Waals surface area contributed by atoms with E-state index in [1.807, 2.05) is 49.4 Å². The highest BCUT2D eigenvalue weighted by Crippen LogP contribution is 2.30. The Labute approximate surface area is 101 Å². The first kappa shape index (κ1) is 11.6. The quantitative estimate of drug-likeness (QED) is 0.869. The molecular weight excluding hydrogens is 210 g/mol. The van der Waals surface area contributed by atoms with Crippen molar-refractivity contribution in [2.75, 3.05) is 0 Å². The molecule has 0 spiro atoms. The lowest BCUT2D eigenvalue weighted by Crippen LogP contribution is -2.10. The molecule has 0 saturated heterocycles. The summed E-state index contributed by atoms with van der Waals surface area (Å²) >= 11 is 0.